The molecule has 1 heterocycles. The molecule has 0 aliphatic carbocycles. The predicted octanol–water partition coefficient (Wildman–Crippen LogP) is 4.69. The molecule has 0 atom stereocenters. The summed E-state index contributed by atoms with van der Waals surface area (Å²) in [4.78, 5) is 14.5. The van der Waals surface area contributed by atoms with Crippen LogP contribution in [0.25, 0.3) is 0 Å². The van der Waals surface area contributed by atoms with Gasteiger partial charge in [-0.15, -0.1) is 0 Å². The summed E-state index contributed by atoms with van der Waals surface area (Å²) in [5, 5.41) is 4.82. The third-order valence-electron chi connectivity index (χ3n) is 4.00. The van der Waals surface area contributed by atoms with Crippen molar-refractivity contribution in [3.8, 4) is 5.75 Å². The molecule has 2 rings (SSSR count). The van der Waals surface area contributed by atoms with Crippen molar-refractivity contribution in [2.75, 3.05) is 14.2 Å². The zero-order valence-electron chi connectivity index (χ0n) is 15.0. The summed E-state index contributed by atoms with van der Waals surface area (Å²) in [5.41, 5.74) is 2.04. The fraction of sp³-hybridized carbons (Fsp3) is 0.444. The van der Waals surface area contributed by atoms with E-state index in [0.29, 0.717) is 29.5 Å². The van der Waals surface area contributed by atoms with E-state index < -0.39 is 0 Å². The molecule has 1 aromatic heterocycles. The van der Waals surface area contributed by atoms with Crippen LogP contribution < -0.4 is 4.74 Å². The Balaban J connectivity index is 2.23. The molecule has 136 valence electrons. The molecule has 0 N–H and O–H groups in total. The number of unbranched alkanes of at least 4 members (excludes halogenated alkanes) is 1. The summed E-state index contributed by atoms with van der Waals surface area (Å²) in [5.74, 6) is 0.594. The van der Waals surface area contributed by atoms with Gasteiger partial charge in [0.15, 0.2) is 0 Å². The molecule has 0 aliphatic heterocycles. The molecular weight excluding hydrogens is 406 g/mol. The standard InChI is InChI=1S/C18H23BrClN3O2/c1-5-6-9-23-17(20)16(12(2)21-23)18(24)22(3)11-13-10-14(19)7-8-15(13)25-4/h7-8,10H,5-6,9,11H2,1-4H3. The van der Waals surface area contributed by atoms with Crippen LogP contribution in [-0.4, -0.2) is 34.7 Å². The number of amides is 1. The van der Waals surface area contributed by atoms with Crippen LogP contribution in [0.5, 0.6) is 5.75 Å². The van der Waals surface area contributed by atoms with E-state index in [9.17, 15) is 4.79 Å². The molecule has 0 aliphatic rings. The van der Waals surface area contributed by atoms with Gasteiger partial charge in [0.25, 0.3) is 5.91 Å². The normalized spacial score (nSPS) is 10.8. The molecule has 2 aromatic rings. The second-order valence-corrected chi connectivity index (χ2v) is 7.22. The van der Waals surface area contributed by atoms with E-state index >= 15 is 0 Å². The molecule has 7 heteroatoms. The molecule has 0 saturated heterocycles. The fourth-order valence-corrected chi connectivity index (χ4v) is 3.39. The lowest BCUT2D eigenvalue weighted by Gasteiger charge is -2.19. The molecule has 5 nitrogen and oxygen atoms in total. The number of hydrogen-bond donors (Lipinski definition) is 0. The molecule has 1 aromatic carbocycles. The first-order valence-corrected chi connectivity index (χ1v) is 9.36. The summed E-state index contributed by atoms with van der Waals surface area (Å²) in [6.07, 6.45) is 2.01. The first kappa shape index (κ1) is 19.8. The van der Waals surface area contributed by atoms with Crippen LogP contribution in [-0.2, 0) is 13.1 Å². The second kappa shape index (κ2) is 8.72. The average Bonchev–Trinajstić information content (AvgIpc) is 2.86. The van der Waals surface area contributed by atoms with Crippen LogP contribution in [0.2, 0.25) is 5.15 Å². The van der Waals surface area contributed by atoms with E-state index in [2.05, 4.69) is 28.0 Å². The molecule has 25 heavy (non-hydrogen) atoms. The molecule has 1 amide bonds. The summed E-state index contributed by atoms with van der Waals surface area (Å²) < 4.78 is 8.03. The highest BCUT2D eigenvalue weighted by molar-refractivity contribution is 9.10. The fourth-order valence-electron chi connectivity index (χ4n) is 2.64. The Kier molecular flexibility index (Phi) is 6.90. The van der Waals surface area contributed by atoms with E-state index in [4.69, 9.17) is 16.3 Å². The smallest absolute Gasteiger partial charge is 0.258 e. The lowest BCUT2D eigenvalue weighted by atomic mass is 10.1. The number of ether oxygens (including phenoxy) is 1. The van der Waals surface area contributed by atoms with E-state index in [1.54, 1.807) is 23.7 Å². The third-order valence-corrected chi connectivity index (χ3v) is 4.88. The summed E-state index contributed by atoms with van der Waals surface area (Å²) in [7, 11) is 3.37. The number of aromatic nitrogens is 2. The highest BCUT2D eigenvalue weighted by Crippen LogP contribution is 2.26. The number of benzene rings is 1. The van der Waals surface area contributed by atoms with Gasteiger partial charge in [-0.2, -0.15) is 5.10 Å². The van der Waals surface area contributed by atoms with Gasteiger partial charge in [-0.1, -0.05) is 40.9 Å². The number of rotatable bonds is 7. The molecular formula is C18H23BrClN3O2. The Hall–Kier alpha value is -1.53. The SMILES string of the molecule is CCCCn1nc(C)c(C(=O)N(C)Cc2cc(Br)ccc2OC)c1Cl. The zero-order valence-corrected chi connectivity index (χ0v) is 17.3. The Morgan fingerprint density at radius 1 is 1.44 bits per heavy atom. The number of hydrogen-bond acceptors (Lipinski definition) is 3. The van der Waals surface area contributed by atoms with Crippen molar-refractivity contribution in [1.29, 1.82) is 0 Å². The van der Waals surface area contributed by atoms with Gasteiger partial charge >= 0.3 is 0 Å². The molecule has 0 spiro atoms. The Morgan fingerprint density at radius 2 is 2.16 bits per heavy atom. The van der Waals surface area contributed by atoms with Gasteiger partial charge in [-0.05, 0) is 31.5 Å². The molecule has 0 fully saturated rings. The van der Waals surface area contributed by atoms with Gasteiger partial charge in [0, 0.05) is 30.2 Å². The lowest BCUT2D eigenvalue weighted by molar-refractivity contribution is 0.0783. The number of aryl methyl sites for hydroxylation is 2. The van der Waals surface area contributed by atoms with Gasteiger partial charge in [0.2, 0.25) is 0 Å². The van der Waals surface area contributed by atoms with Crippen LogP contribution >= 0.6 is 27.5 Å². The van der Waals surface area contributed by atoms with Crippen molar-refractivity contribution in [3.63, 3.8) is 0 Å². The van der Waals surface area contributed by atoms with Crippen LogP contribution in [0, 0.1) is 6.92 Å². The number of carbonyl (C=O) groups excluding carboxylic acids is 1. The van der Waals surface area contributed by atoms with E-state index in [1.807, 2.05) is 25.1 Å². The van der Waals surface area contributed by atoms with Gasteiger partial charge in [-0.3, -0.25) is 9.48 Å². The summed E-state index contributed by atoms with van der Waals surface area (Å²) in [6, 6.07) is 5.73. The van der Waals surface area contributed by atoms with Crippen molar-refractivity contribution in [1.82, 2.24) is 14.7 Å². The van der Waals surface area contributed by atoms with Crippen molar-refractivity contribution < 1.29 is 9.53 Å². The zero-order chi connectivity index (χ0) is 18.6. The van der Waals surface area contributed by atoms with Crippen LogP contribution in [0.1, 0.15) is 41.4 Å². The van der Waals surface area contributed by atoms with Crippen molar-refractivity contribution in [2.45, 2.75) is 39.8 Å². The Morgan fingerprint density at radius 3 is 2.80 bits per heavy atom. The minimum atomic E-state index is -0.146. The van der Waals surface area contributed by atoms with Crippen LogP contribution in [0.3, 0.4) is 0 Å². The first-order valence-electron chi connectivity index (χ1n) is 8.19. The second-order valence-electron chi connectivity index (χ2n) is 5.95. The maximum absolute atomic E-state index is 12.9. The number of methoxy groups -OCH3 is 1. The maximum Gasteiger partial charge on any atom is 0.258 e. The molecule has 0 saturated carbocycles. The van der Waals surface area contributed by atoms with Gasteiger partial charge in [0.05, 0.1) is 18.4 Å². The number of carbonyl (C=O) groups is 1. The number of halogens is 2. The first-order chi connectivity index (χ1) is 11.9. The van der Waals surface area contributed by atoms with E-state index in [0.717, 1.165) is 28.6 Å². The highest BCUT2D eigenvalue weighted by atomic mass is 79.9. The average molecular weight is 429 g/mol. The van der Waals surface area contributed by atoms with Crippen LogP contribution in [0.15, 0.2) is 22.7 Å². The third kappa shape index (κ3) is 4.55. The van der Waals surface area contributed by atoms with E-state index in [1.165, 1.54) is 0 Å². The Bertz CT molecular complexity index is 761. The largest absolute Gasteiger partial charge is 0.496 e. The van der Waals surface area contributed by atoms with Gasteiger partial charge in [-0.25, -0.2) is 0 Å². The van der Waals surface area contributed by atoms with Crippen molar-refractivity contribution >= 4 is 33.4 Å². The summed E-state index contributed by atoms with van der Waals surface area (Å²) in [6.45, 7) is 5.05. The number of nitrogens with zero attached hydrogens (tertiary/aromatic N) is 3. The maximum atomic E-state index is 12.9. The van der Waals surface area contributed by atoms with Crippen LogP contribution in [0.4, 0.5) is 0 Å². The molecule has 0 bridgehead atoms. The molecule has 0 radical (unpaired) electrons. The Labute approximate surface area is 162 Å². The van der Waals surface area contributed by atoms with E-state index in [-0.39, 0.29) is 5.91 Å². The monoisotopic (exact) mass is 427 g/mol. The van der Waals surface area contributed by atoms with Gasteiger partial charge in [0.1, 0.15) is 10.9 Å². The minimum Gasteiger partial charge on any atom is -0.496 e. The predicted molar refractivity (Wildman–Crippen MR) is 103 cm³/mol. The van der Waals surface area contributed by atoms with Crippen molar-refractivity contribution in [3.05, 3.63) is 44.6 Å². The highest BCUT2D eigenvalue weighted by Gasteiger charge is 2.23. The summed E-state index contributed by atoms with van der Waals surface area (Å²) >= 11 is 9.87. The minimum absolute atomic E-state index is 0.146. The lowest BCUT2D eigenvalue weighted by Crippen LogP contribution is -2.27. The van der Waals surface area contributed by atoms with Gasteiger partial charge < -0.3 is 9.64 Å². The van der Waals surface area contributed by atoms with Crippen molar-refractivity contribution in [2.24, 2.45) is 0 Å². The quantitative estimate of drug-likeness (QED) is 0.643. The molecule has 0 unspecified atom stereocenters. The topological polar surface area (TPSA) is 47.4 Å².